The molecule has 152 valence electrons. The Labute approximate surface area is 172 Å². The van der Waals surface area contributed by atoms with E-state index in [2.05, 4.69) is 72.7 Å². The van der Waals surface area contributed by atoms with Crippen molar-refractivity contribution >= 4 is 0 Å². The summed E-state index contributed by atoms with van der Waals surface area (Å²) in [7, 11) is 0. The Bertz CT molecular complexity index is 918. The molecule has 1 atom stereocenters. The van der Waals surface area contributed by atoms with Crippen LogP contribution < -0.4 is 10.1 Å². The molecule has 1 unspecified atom stereocenters. The molecule has 1 aliphatic rings. The molecular weight excluding hydrogens is 362 g/mol. The molecule has 4 rings (SSSR count). The Morgan fingerprint density at radius 2 is 1.83 bits per heavy atom. The highest BCUT2D eigenvalue weighted by molar-refractivity contribution is 5.60. The lowest BCUT2D eigenvalue weighted by Crippen LogP contribution is -2.33. The normalized spacial score (nSPS) is 17.3. The van der Waals surface area contributed by atoms with Crippen molar-refractivity contribution in [1.82, 2.24) is 15.5 Å². The van der Waals surface area contributed by atoms with Crippen LogP contribution in [0.25, 0.3) is 11.3 Å². The van der Waals surface area contributed by atoms with Gasteiger partial charge in [0.1, 0.15) is 12.4 Å². The molecule has 5 nitrogen and oxygen atoms in total. The van der Waals surface area contributed by atoms with Gasteiger partial charge in [0.25, 0.3) is 0 Å². The Hall–Kier alpha value is -2.63. The van der Waals surface area contributed by atoms with Crippen LogP contribution in [0.2, 0.25) is 0 Å². The summed E-state index contributed by atoms with van der Waals surface area (Å²) < 4.78 is 11.7. The van der Waals surface area contributed by atoms with Gasteiger partial charge in [0, 0.05) is 18.7 Å². The first-order valence-corrected chi connectivity index (χ1v) is 10.2. The van der Waals surface area contributed by atoms with Gasteiger partial charge in [0.15, 0.2) is 0 Å². The number of nitrogens with zero attached hydrogens (tertiary/aromatic N) is 1. The third-order valence-corrected chi connectivity index (χ3v) is 5.25. The summed E-state index contributed by atoms with van der Waals surface area (Å²) >= 11 is 0. The van der Waals surface area contributed by atoms with E-state index in [9.17, 15) is 0 Å². The highest BCUT2D eigenvalue weighted by atomic mass is 16.5. The van der Waals surface area contributed by atoms with E-state index in [1.54, 1.807) is 0 Å². The summed E-state index contributed by atoms with van der Waals surface area (Å²) in [5, 5.41) is 10.9. The molecule has 2 aromatic carbocycles. The molecule has 0 aliphatic carbocycles. The largest absolute Gasteiger partial charge is 0.487 e. The monoisotopic (exact) mass is 391 g/mol. The van der Waals surface area contributed by atoms with Crippen LogP contribution in [0.1, 0.15) is 43.7 Å². The lowest BCUT2D eigenvalue weighted by Gasteiger charge is -2.24. The quantitative estimate of drug-likeness (QED) is 0.667. The van der Waals surface area contributed by atoms with Crippen LogP contribution >= 0.6 is 0 Å². The highest BCUT2D eigenvalue weighted by Crippen LogP contribution is 2.26. The van der Waals surface area contributed by atoms with Gasteiger partial charge in [-0.2, -0.15) is 5.10 Å². The molecule has 0 amide bonds. The summed E-state index contributed by atoms with van der Waals surface area (Å²) in [6, 6.07) is 18.8. The van der Waals surface area contributed by atoms with Crippen LogP contribution in [0.5, 0.6) is 5.75 Å². The van der Waals surface area contributed by atoms with Crippen molar-refractivity contribution in [2.24, 2.45) is 0 Å². The van der Waals surface area contributed by atoms with E-state index >= 15 is 0 Å². The van der Waals surface area contributed by atoms with Gasteiger partial charge in [0.05, 0.1) is 24.1 Å². The topological polar surface area (TPSA) is 59.2 Å². The lowest BCUT2D eigenvalue weighted by atomic mass is 9.86. The number of rotatable bonds is 5. The molecule has 1 fully saturated rings. The number of benzene rings is 2. The van der Waals surface area contributed by atoms with E-state index in [1.165, 1.54) is 11.1 Å². The van der Waals surface area contributed by atoms with Crippen LogP contribution in [-0.4, -0.2) is 29.9 Å². The zero-order chi connectivity index (χ0) is 20.3. The van der Waals surface area contributed by atoms with Crippen LogP contribution in [0, 0.1) is 0 Å². The van der Waals surface area contributed by atoms with Gasteiger partial charge < -0.3 is 14.8 Å². The Morgan fingerprint density at radius 3 is 2.48 bits per heavy atom. The second-order valence-electron chi connectivity index (χ2n) is 8.53. The second kappa shape index (κ2) is 8.39. The molecule has 2 N–H and O–H groups in total. The van der Waals surface area contributed by atoms with E-state index in [0.29, 0.717) is 6.61 Å². The van der Waals surface area contributed by atoms with Crippen molar-refractivity contribution < 1.29 is 9.47 Å². The van der Waals surface area contributed by atoms with E-state index in [-0.39, 0.29) is 11.5 Å². The molecule has 0 radical (unpaired) electrons. The fraction of sp³-hybridized carbons (Fsp3) is 0.375. The molecule has 0 saturated carbocycles. The van der Waals surface area contributed by atoms with E-state index in [4.69, 9.17) is 9.47 Å². The number of hydrogen-bond donors (Lipinski definition) is 2. The number of aromatic amines is 1. The minimum absolute atomic E-state index is 0.123. The molecular formula is C24H29N3O2. The van der Waals surface area contributed by atoms with Crippen molar-refractivity contribution in [2.75, 3.05) is 19.7 Å². The Kier molecular flexibility index (Phi) is 5.69. The van der Waals surface area contributed by atoms with Crippen LogP contribution in [0.15, 0.2) is 54.6 Å². The van der Waals surface area contributed by atoms with E-state index in [1.807, 2.05) is 18.2 Å². The highest BCUT2D eigenvalue weighted by Gasteiger charge is 2.16. The van der Waals surface area contributed by atoms with E-state index in [0.717, 1.165) is 42.4 Å². The van der Waals surface area contributed by atoms with Crippen LogP contribution in [0.4, 0.5) is 0 Å². The van der Waals surface area contributed by atoms with Gasteiger partial charge in [-0.25, -0.2) is 0 Å². The number of ether oxygens (including phenoxy) is 2. The molecule has 5 heteroatoms. The summed E-state index contributed by atoms with van der Waals surface area (Å²) in [5.74, 6) is 0.836. The summed E-state index contributed by atoms with van der Waals surface area (Å²) in [6.07, 6.45) is 0.123. The number of nitrogens with one attached hydrogen (secondary N) is 2. The van der Waals surface area contributed by atoms with Gasteiger partial charge in [-0.05, 0) is 34.7 Å². The van der Waals surface area contributed by atoms with Crippen LogP contribution in [0.3, 0.4) is 0 Å². The zero-order valence-electron chi connectivity index (χ0n) is 17.4. The van der Waals surface area contributed by atoms with Gasteiger partial charge in [-0.3, -0.25) is 5.10 Å². The molecule has 0 spiro atoms. The maximum Gasteiger partial charge on any atom is 0.130 e. The predicted molar refractivity (Wildman–Crippen MR) is 115 cm³/mol. The first-order chi connectivity index (χ1) is 14.0. The number of morpholine rings is 1. The summed E-state index contributed by atoms with van der Waals surface area (Å²) in [6.45, 7) is 9.64. The summed E-state index contributed by atoms with van der Waals surface area (Å²) in [4.78, 5) is 0. The molecule has 1 aliphatic heterocycles. The standard InChI is InChI=1S/C24H29N3O2/c1-24(2,3)19-8-4-17(5-9-19)22-14-20(26-27-22)16-29-21-10-6-18(7-11-21)23-15-25-12-13-28-23/h4-11,14,23,25H,12-13,15-16H2,1-3H3,(H,26,27). The van der Waals surface area contributed by atoms with Gasteiger partial charge in [0.2, 0.25) is 0 Å². The van der Waals surface area contributed by atoms with E-state index < -0.39 is 0 Å². The van der Waals surface area contributed by atoms with Crippen molar-refractivity contribution in [2.45, 2.75) is 38.9 Å². The molecule has 29 heavy (non-hydrogen) atoms. The number of hydrogen-bond acceptors (Lipinski definition) is 4. The Morgan fingerprint density at radius 1 is 1.07 bits per heavy atom. The average molecular weight is 392 g/mol. The van der Waals surface area contributed by atoms with Crippen molar-refractivity contribution in [1.29, 1.82) is 0 Å². The second-order valence-corrected chi connectivity index (χ2v) is 8.53. The lowest BCUT2D eigenvalue weighted by molar-refractivity contribution is 0.0277. The zero-order valence-corrected chi connectivity index (χ0v) is 17.4. The van der Waals surface area contributed by atoms with Gasteiger partial charge in [-0.1, -0.05) is 57.2 Å². The molecule has 2 heterocycles. The Balaban J connectivity index is 1.35. The number of H-pyrrole nitrogens is 1. The van der Waals surface area contributed by atoms with Gasteiger partial charge >= 0.3 is 0 Å². The fourth-order valence-electron chi connectivity index (χ4n) is 3.44. The van der Waals surface area contributed by atoms with Gasteiger partial charge in [-0.15, -0.1) is 0 Å². The minimum atomic E-state index is 0.123. The average Bonchev–Trinajstić information content (AvgIpc) is 3.22. The van der Waals surface area contributed by atoms with Crippen molar-refractivity contribution in [3.8, 4) is 17.0 Å². The number of aromatic nitrogens is 2. The molecule has 1 aromatic heterocycles. The third-order valence-electron chi connectivity index (χ3n) is 5.25. The molecule has 3 aromatic rings. The maximum atomic E-state index is 5.92. The smallest absolute Gasteiger partial charge is 0.130 e. The summed E-state index contributed by atoms with van der Waals surface area (Å²) in [5.41, 5.74) is 5.62. The SMILES string of the molecule is CC(C)(C)c1ccc(-c2cc(COc3ccc(C4CNCCO4)cc3)[nH]n2)cc1. The third kappa shape index (κ3) is 4.86. The predicted octanol–water partition coefficient (Wildman–Crippen LogP) is 4.61. The molecule has 0 bridgehead atoms. The van der Waals surface area contributed by atoms with Crippen molar-refractivity contribution in [3.63, 3.8) is 0 Å². The first kappa shape index (κ1) is 19.7. The maximum absolute atomic E-state index is 5.92. The first-order valence-electron chi connectivity index (χ1n) is 10.2. The van der Waals surface area contributed by atoms with Crippen LogP contribution in [-0.2, 0) is 16.8 Å². The molecule has 1 saturated heterocycles. The fourth-order valence-corrected chi connectivity index (χ4v) is 3.44. The minimum Gasteiger partial charge on any atom is -0.487 e. The van der Waals surface area contributed by atoms with Crippen molar-refractivity contribution in [3.05, 3.63) is 71.4 Å².